The molecular weight excluding hydrogens is 329 g/mol. The van der Waals surface area contributed by atoms with Gasteiger partial charge in [-0.15, -0.1) is 11.3 Å². The molecular formula is C14H17F3N4OS. The van der Waals surface area contributed by atoms with Gasteiger partial charge in [-0.25, -0.2) is 4.98 Å². The third-order valence-corrected chi connectivity index (χ3v) is 3.85. The predicted octanol–water partition coefficient (Wildman–Crippen LogP) is 2.71. The van der Waals surface area contributed by atoms with E-state index in [4.69, 9.17) is 4.42 Å². The fourth-order valence-corrected chi connectivity index (χ4v) is 2.63. The van der Waals surface area contributed by atoms with Crippen LogP contribution in [0.25, 0.3) is 0 Å². The Morgan fingerprint density at radius 3 is 2.61 bits per heavy atom. The van der Waals surface area contributed by atoms with Gasteiger partial charge in [0, 0.05) is 38.4 Å². The Bertz CT molecular complexity index is 622. The van der Waals surface area contributed by atoms with Crippen LogP contribution in [0.2, 0.25) is 0 Å². The van der Waals surface area contributed by atoms with Gasteiger partial charge in [0.1, 0.15) is 5.76 Å². The van der Waals surface area contributed by atoms with Crippen LogP contribution in [0.1, 0.15) is 16.5 Å². The van der Waals surface area contributed by atoms with Crippen LogP contribution in [0.3, 0.4) is 0 Å². The first kappa shape index (κ1) is 17.3. The number of nitrogens with one attached hydrogen (secondary N) is 2. The van der Waals surface area contributed by atoms with E-state index in [2.05, 4.69) is 20.6 Å². The van der Waals surface area contributed by atoms with Crippen molar-refractivity contribution in [2.24, 2.45) is 4.99 Å². The third kappa shape index (κ3) is 5.59. The van der Waals surface area contributed by atoms with Gasteiger partial charge in [-0.05, 0) is 12.1 Å². The zero-order valence-electron chi connectivity index (χ0n) is 12.5. The minimum absolute atomic E-state index is 0.402. The van der Waals surface area contributed by atoms with Crippen molar-refractivity contribution in [3.8, 4) is 0 Å². The van der Waals surface area contributed by atoms with Crippen molar-refractivity contribution in [2.45, 2.75) is 19.0 Å². The number of halogens is 3. The summed E-state index contributed by atoms with van der Waals surface area (Å²) in [7, 11) is 1.63. The number of aromatic nitrogens is 1. The largest absolute Gasteiger partial charge is 0.469 e. The van der Waals surface area contributed by atoms with Crippen molar-refractivity contribution in [1.29, 1.82) is 0 Å². The van der Waals surface area contributed by atoms with Crippen LogP contribution in [-0.2, 0) is 19.0 Å². The molecule has 0 aromatic carbocycles. The molecule has 0 bridgehead atoms. The molecule has 0 aliphatic rings. The van der Waals surface area contributed by atoms with Gasteiger partial charge < -0.3 is 15.1 Å². The second-order valence-electron chi connectivity index (χ2n) is 4.63. The number of aliphatic imine (C=N–C) groups is 1. The first-order valence-corrected chi connectivity index (χ1v) is 7.85. The number of furan rings is 1. The molecule has 2 N–H and O–H groups in total. The van der Waals surface area contributed by atoms with Gasteiger partial charge in [0.05, 0.1) is 11.3 Å². The molecule has 5 nitrogen and oxygen atoms in total. The molecule has 0 spiro atoms. The van der Waals surface area contributed by atoms with E-state index in [1.54, 1.807) is 13.3 Å². The standard InChI is InChI=1S/C14H17F3N4OS/c1-18-13(19-6-4-10-3-2-8-22-10)20-7-5-12-21-11(9-23-12)14(15,16)17/h2-3,8-9H,4-7H2,1H3,(H2,18,19,20). The van der Waals surface area contributed by atoms with E-state index >= 15 is 0 Å². The summed E-state index contributed by atoms with van der Waals surface area (Å²) >= 11 is 1.01. The summed E-state index contributed by atoms with van der Waals surface area (Å²) < 4.78 is 42.6. The quantitative estimate of drug-likeness (QED) is 0.624. The maximum Gasteiger partial charge on any atom is 0.434 e. The molecule has 0 aliphatic carbocycles. The zero-order chi connectivity index (χ0) is 16.7. The van der Waals surface area contributed by atoms with Gasteiger partial charge >= 0.3 is 6.18 Å². The van der Waals surface area contributed by atoms with Crippen LogP contribution < -0.4 is 10.6 Å². The number of alkyl halides is 3. The summed E-state index contributed by atoms with van der Waals surface area (Å²) in [6.07, 6.45) is -1.65. The van der Waals surface area contributed by atoms with Crippen molar-refractivity contribution >= 4 is 17.3 Å². The molecule has 23 heavy (non-hydrogen) atoms. The summed E-state index contributed by atoms with van der Waals surface area (Å²) in [5.41, 5.74) is -0.835. The Morgan fingerprint density at radius 1 is 1.30 bits per heavy atom. The Labute approximate surface area is 135 Å². The number of nitrogens with zero attached hydrogens (tertiary/aromatic N) is 2. The topological polar surface area (TPSA) is 62.5 Å². The van der Waals surface area contributed by atoms with Crippen LogP contribution >= 0.6 is 11.3 Å². The normalized spacial score (nSPS) is 12.4. The maximum atomic E-state index is 12.5. The third-order valence-electron chi connectivity index (χ3n) is 2.94. The lowest BCUT2D eigenvalue weighted by atomic mass is 10.3. The lowest BCUT2D eigenvalue weighted by molar-refractivity contribution is -0.140. The summed E-state index contributed by atoms with van der Waals surface area (Å²) in [5, 5.41) is 7.62. The molecule has 0 aliphatic heterocycles. The van der Waals surface area contributed by atoms with Crippen molar-refractivity contribution in [2.75, 3.05) is 20.1 Å². The van der Waals surface area contributed by atoms with Crippen molar-refractivity contribution in [1.82, 2.24) is 15.6 Å². The molecule has 2 aromatic rings. The van der Waals surface area contributed by atoms with Crippen LogP contribution in [0.4, 0.5) is 13.2 Å². The van der Waals surface area contributed by atoms with E-state index in [1.165, 1.54) is 0 Å². The van der Waals surface area contributed by atoms with Crippen LogP contribution in [-0.4, -0.2) is 31.1 Å². The van der Waals surface area contributed by atoms with Gasteiger partial charge in [-0.1, -0.05) is 0 Å². The van der Waals surface area contributed by atoms with Crippen LogP contribution in [0, 0.1) is 0 Å². The molecule has 9 heteroatoms. The van der Waals surface area contributed by atoms with Crippen molar-refractivity contribution in [3.63, 3.8) is 0 Å². The molecule has 126 valence electrons. The molecule has 2 heterocycles. The fourth-order valence-electron chi connectivity index (χ4n) is 1.82. The van der Waals surface area contributed by atoms with E-state index < -0.39 is 11.9 Å². The maximum absolute atomic E-state index is 12.5. The van der Waals surface area contributed by atoms with Gasteiger partial charge in [0.15, 0.2) is 11.7 Å². The number of hydrogen-bond donors (Lipinski definition) is 2. The van der Waals surface area contributed by atoms with E-state index in [0.717, 1.165) is 28.9 Å². The molecule has 0 saturated carbocycles. The molecule has 0 unspecified atom stereocenters. The highest BCUT2D eigenvalue weighted by molar-refractivity contribution is 7.09. The lowest BCUT2D eigenvalue weighted by Crippen LogP contribution is -2.39. The molecule has 2 rings (SSSR count). The molecule has 0 radical (unpaired) electrons. The van der Waals surface area contributed by atoms with E-state index in [9.17, 15) is 13.2 Å². The second-order valence-corrected chi connectivity index (χ2v) is 5.57. The average molecular weight is 346 g/mol. The predicted molar refractivity (Wildman–Crippen MR) is 82.6 cm³/mol. The Kier molecular flexibility index (Phi) is 6.03. The second kappa shape index (κ2) is 8.00. The smallest absolute Gasteiger partial charge is 0.434 e. The minimum atomic E-state index is -4.38. The average Bonchev–Trinajstić information content (AvgIpc) is 3.16. The monoisotopic (exact) mass is 346 g/mol. The fraction of sp³-hybridized carbons (Fsp3) is 0.429. The molecule has 0 fully saturated rings. The zero-order valence-corrected chi connectivity index (χ0v) is 13.3. The van der Waals surface area contributed by atoms with Gasteiger partial charge in [-0.2, -0.15) is 13.2 Å². The Balaban J connectivity index is 1.70. The highest BCUT2D eigenvalue weighted by Gasteiger charge is 2.33. The summed E-state index contributed by atoms with van der Waals surface area (Å²) in [6, 6.07) is 3.71. The lowest BCUT2D eigenvalue weighted by Gasteiger charge is -2.10. The first-order valence-electron chi connectivity index (χ1n) is 6.97. The molecule has 0 saturated heterocycles. The highest BCUT2D eigenvalue weighted by atomic mass is 32.1. The minimum Gasteiger partial charge on any atom is -0.469 e. The van der Waals surface area contributed by atoms with Crippen LogP contribution in [0.5, 0.6) is 0 Å². The van der Waals surface area contributed by atoms with E-state index in [0.29, 0.717) is 30.5 Å². The molecule has 0 amide bonds. The van der Waals surface area contributed by atoms with Gasteiger partial charge in [-0.3, -0.25) is 4.99 Å². The van der Waals surface area contributed by atoms with Crippen molar-refractivity contribution in [3.05, 3.63) is 40.2 Å². The number of thiazole rings is 1. The van der Waals surface area contributed by atoms with Crippen molar-refractivity contribution < 1.29 is 17.6 Å². The summed E-state index contributed by atoms with van der Waals surface area (Å²) in [6.45, 7) is 1.09. The SMILES string of the molecule is CN=C(NCCc1ccco1)NCCc1nc(C(F)(F)F)cs1. The summed E-state index contributed by atoms with van der Waals surface area (Å²) in [4.78, 5) is 7.63. The van der Waals surface area contributed by atoms with E-state index in [-0.39, 0.29) is 0 Å². The molecule has 0 atom stereocenters. The van der Waals surface area contributed by atoms with Crippen LogP contribution in [0.15, 0.2) is 33.2 Å². The Morgan fingerprint density at radius 2 is 2.04 bits per heavy atom. The van der Waals surface area contributed by atoms with E-state index in [1.807, 2.05) is 12.1 Å². The number of guanidine groups is 1. The molecule has 2 aromatic heterocycles. The van der Waals surface area contributed by atoms with Gasteiger partial charge in [0.2, 0.25) is 0 Å². The highest BCUT2D eigenvalue weighted by Crippen LogP contribution is 2.29. The van der Waals surface area contributed by atoms with Gasteiger partial charge in [0.25, 0.3) is 0 Å². The number of rotatable bonds is 6. The Hall–Kier alpha value is -2.03. The first-order chi connectivity index (χ1) is 11.0. The summed E-state index contributed by atoms with van der Waals surface area (Å²) in [5.74, 6) is 1.46. The number of hydrogen-bond acceptors (Lipinski definition) is 4.